The van der Waals surface area contributed by atoms with Crippen LogP contribution in [-0.4, -0.2) is 28.6 Å². The molecular formula is C16H20N2O3. The van der Waals surface area contributed by atoms with Gasteiger partial charge < -0.3 is 15.7 Å². The zero-order chi connectivity index (χ0) is 14.9. The lowest BCUT2D eigenvalue weighted by atomic mass is 9.93. The molecular weight excluding hydrogens is 268 g/mol. The Balaban J connectivity index is 1.71. The Morgan fingerprint density at radius 3 is 2.52 bits per heavy atom. The van der Waals surface area contributed by atoms with Crippen LogP contribution in [-0.2, 0) is 22.6 Å². The lowest BCUT2D eigenvalue weighted by Crippen LogP contribution is -2.58. The average molecular weight is 288 g/mol. The SMILES string of the molecule is O=C(NC1(C(=O)O)CCCC1)[C@@H]1Cc2ccccc2CN1. The van der Waals surface area contributed by atoms with Crippen molar-refractivity contribution >= 4 is 11.9 Å². The number of rotatable bonds is 3. The second-order valence-electron chi connectivity index (χ2n) is 5.99. The summed E-state index contributed by atoms with van der Waals surface area (Å²) in [5.41, 5.74) is 1.30. The fourth-order valence-electron chi connectivity index (χ4n) is 3.33. The van der Waals surface area contributed by atoms with Gasteiger partial charge in [0.2, 0.25) is 5.91 Å². The predicted molar refractivity (Wildman–Crippen MR) is 77.8 cm³/mol. The normalized spacial score (nSPS) is 23.3. The summed E-state index contributed by atoms with van der Waals surface area (Å²) >= 11 is 0. The van der Waals surface area contributed by atoms with E-state index in [1.165, 1.54) is 5.56 Å². The van der Waals surface area contributed by atoms with Gasteiger partial charge in [-0.1, -0.05) is 37.1 Å². The standard InChI is InChI=1S/C16H20N2O3/c19-14(18-16(15(20)21)7-3-4-8-16)13-9-11-5-1-2-6-12(11)10-17-13/h1-2,5-6,13,17H,3-4,7-10H2,(H,18,19)(H,20,21)/t13-/m0/s1. The van der Waals surface area contributed by atoms with Crippen LogP contribution in [0.4, 0.5) is 0 Å². The molecule has 1 aromatic carbocycles. The van der Waals surface area contributed by atoms with Crippen molar-refractivity contribution < 1.29 is 14.7 Å². The number of hydrogen-bond acceptors (Lipinski definition) is 3. The first-order chi connectivity index (χ1) is 10.1. The molecule has 1 heterocycles. The van der Waals surface area contributed by atoms with Gasteiger partial charge in [0.15, 0.2) is 0 Å². The quantitative estimate of drug-likeness (QED) is 0.781. The smallest absolute Gasteiger partial charge is 0.329 e. The van der Waals surface area contributed by atoms with Crippen LogP contribution in [0.2, 0.25) is 0 Å². The molecule has 0 unspecified atom stereocenters. The van der Waals surface area contributed by atoms with E-state index in [9.17, 15) is 14.7 Å². The molecule has 1 saturated carbocycles. The van der Waals surface area contributed by atoms with Crippen molar-refractivity contribution in [3.63, 3.8) is 0 Å². The van der Waals surface area contributed by atoms with Crippen molar-refractivity contribution in [2.45, 2.75) is 50.2 Å². The second kappa shape index (κ2) is 5.48. The molecule has 0 aromatic heterocycles. The van der Waals surface area contributed by atoms with Crippen LogP contribution in [0.1, 0.15) is 36.8 Å². The molecule has 1 aromatic rings. The molecule has 5 nitrogen and oxygen atoms in total. The summed E-state index contributed by atoms with van der Waals surface area (Å²) in [5, 5.41) is 15.4. The van der Waals surface area contributed by atoms with Crippen LogP contribution in [0.5, 0.6) is 0 Å². The van der Waals surface area contributed by atoms with E-state index in [4.69, 9.17) is 0 Å². The molecule has 0 saturated heterocycles. The van der Waals surface area contributed by atoms with Gasteiger partial charge in [-0.2, -0.15) is 0 Å². The van der Waals surface area contributed by atoms with Crippen LogP contribution < -0.4 is 10.6 Å². The minimum absolute atomic E-state index is 0.200. The molecule has 21 heavy (non-hydrogen) atoms. The van der Waals surface area contributed by atoms with Gasteiger partial charge in [0.1, 0.15) is 5.54 Å². The first-order valence-corrected chi connectivity index (χ1v) is 7.46. The first kappa shape index (κ1) is 14.1. The summed E-state index contributed by atoms with van der Waals surface area (Å²) in [7, 11) is 0. The van der Waals surface area contributed by atoms with Crippen LogP contribution >= 0.6 is 0 Å². The summed E-state index contributed by atoms with van der Waals surface area (Å²) in [4.78, 5) is 23.9. The van der Waals surface area contributed by atoms with Gasteiger partial charge in [-0.25, -0.2) is 4.79 Å². The number of carboxylic acid groups (broad SMARTS) is 1. The van der Waals surface area contributed by atoms with Crippen LogP contribution in [0.15, 0.2) is 24.3 Å². The summed E-state index contributed by atoms with van der Waals surface area (Å²) < 4.78 is 0. The van der Waals surface area contributed by atoms with Gasteiger partial charge in [-0.15, -0.1) is 0 Å². The highest BCUT2D eigenvalue weighted by molar-refractivity contribution is 5.90. The molecule has 1 amide bonds. The average Bonchev–Trinajstić information content (AvgIpc) is 2.96. The molecule has 3 N–H and O–H groups in total. The maximum Gasteiger partial charge on any atom is 0.329 e. The largest absolute Gasteiger partial charge is 0.480 e. The zero-order valence-corrected chi connectivity index (χ0v) is 11.9. The Labute approximate surface area is 123 Å². The minimum atomic E-state index is -1.06. The van der Waals surface area contributed by atoms with E-state index < -0.39 is 11.5 Å². The summed E-state index contributed by atoms with van der Waals surface area (Å²) in [5.74, 6) is -1.11. The predicted octanol–water partition coefficient (Wildman–Crippen LogP) is 1.21. The number of carboxylic acids is 1. The van der Waals surface area contributed by atoms with Crippen molar-refractivity contribution in [2.75, 3.05) is 0 Å². The second-order valence-corrected chi connectivity index (χ2v) is 5.99. The monoisotopic (exact) mass is 288 g/mol. The Bertz CT molecular complexity index is 564. The van der Waals surface area contributed by atoms with Crippen LogP contribution in [0.25, 0.3) is 0 Å². The minimum Gasteiger partial charge on any atom is -0.480 e. The Morgan fingerprint density at radius 1 is 1.19 bits per heavy atom. The molecule has 1 fully saturated rings. The Kier molecular flexibility index (Phi) is 3.68. The highest BCUT2D eigenvalue weighted by Gasteiger charge is 2.43. The van der Waals surface area contributed by atoms with E-state index in [0.29, 0.717) is 25.8 Å². The fourth-order valence-corrected chi connectivity index (χ4v) is 3.33. The van der Waals surface area contributed by atoms with E-state index in [-0.39, 0.29) is 11.9 Å². The van der Waals surface area contributed by atoms with E-state index in [1.54, 1.807) is 0 Å². The van der Waals surface area contributed by atoms with Gasteiger partial charge in [0.05, 0.1) is 6.04 Å². The van der Waals surface area contributed by atoms with Crippen molar-refractivity contribution in [3.05, 3.63) is 35.4 Å². The molecule has 0 bridgehead atoms. The van der Waals surface area contributed by atoms with Crippen molar-refractivity contribution in [2.24, 2.45) is 0 Å². The number of benzene rings is 1. The summed E-state index contributed by atoms with van der Waals surface area (Å²) in [6.45, 7) is 0.647. The third-order valence-electron chi connectivity index (χ3n) is 4.63. The third-order valence-corrected chi connectivity index (χ3v) is 4.63. The molecule has 112 valence electrons. The molecule has 1 atom stereocenters. The van der Waals surface area contributed by atoms with Gasteiger partial charge in [0.25, 0.3) is 0 Å². The number of hydrogen-bond donors (Lipinski definition) is 3. The lowest BCUT2D eigenvalue weighted by Gasteiger charge is -2.30. The van der Waals surface area contributed by atoms with Gasteiger partial charge in [-0.05, 0) is 30.4 Å². The molecule has 3 rings (SSSR count). The maximum atomic E-state index is 12.4. The Hall–Kier alpha value is -1.88. The van der Waals surface area contributed by atoms with E-state index in [1.807, 2.05) is 24.3 Å². The summed E-state index contributed by atoms with van der Waals surface area (Å²) in [6, 6.07) is 7.68. The number of nitrogens with one attached hydrogen (secondary N) is 2. The Morgan fingerprint density at radius 2 is 1.86 bits per heavy atom. The summed E-state index contributed by atoms with van der Waals surface area (Å²) in [6.07, 6.45) is 3.37. The number of carbonyl (C=O) groups excluding carboxylic acids is 1. The van der Waals surface area contributed by atoms with Crippen molar-refractivity contribution in [1.82, 2.24) is 10.6 Å². The van der Waals surface area contributed by atoms with Crippen molar-refractivity contribution in [3.8, 4) is 0 Å². The molecule has 0 radical (unpaired) electrons. The van der Waals surface area contributed by atoms with Gasteiger partial charge >= 0.3 is 5.97 Å². The molecule has 1 aliphatic carbocycles. The molecule has 1 aliphatic heterocycles. The van der Waals surface area contributed by atoms with Gasteiger partial charge in [-0.3, -0.25) is 4.79 Å². The first-order valence-electron chi connectivity index (χ1n) is 7.46. The molecule has 5 heteroatoms. The van der Waals surface area contributed by atoms with Crippen LogP contribution in [0, 0.1) is 0 Å². The third kappa shape index (κ3) is 2.65. The highest BCUT2D eigenvalue weighted by atomic mass is 16.4. The molecule has 2 aliphatic rings. The van der Waals surface area contributed by atoms with E-state index in [2.05, 4.69) is 10.6 Å². The fraction of sp³-hybridized carbons (Fsp3) is 0.500. The zero-order valence-electron chi connectivity index (χ0n) is 11.9. The topological polar surface area (TPSA) is 78.4 Å². The molecule has 0 spiro atoms. The van der Waals surface area contributed by atoms with Gasteiger partial charge in [0, 0.05) is 6.54 Å². The number of amides is 1. The van der Waals surface area contributed by atoms with E-state index >= 15 is 0 Å². The number of fused-ring (bicyclic) bond motifs is 1. The van der Waals surface area contributed by atoms with Crippen molar-refractivity contribution in [1.29, 1.82) is 0 Å². The maximum absolute atomic E-state index is 12.4. The highest BCUT2D eigenvalue weighted by Crippen LogP contribution is 2.30. The lowest BCUT2D eigenvalue weighted by molar-refractivity contribution is -0.147. The van der Waals surface area contributed by atoms with Crippen LogP contribution in [0.3, 0.4) is 0 Å². The number of aliphatic carboxylic acids is 1. The number of carbonyl (C=O) groups is 2. The van der Waals surface area contributed by atoms with E-state index in [0.717, 1.165) is 18.4 Å².